The molecule has 0 aromatic rings. The van der Waals surface area contributed by atoms with Crippen LogP contribution in [-0.2, 0) is 9.53 Å². The Labute approximate surface area is 111 Å². The van der Waals surface area contributed by atoms with E-state index >= 15 is 0 Å². The number of carbonyl (C=O) groups excluding carboxylic acids is 1. The lowest BCUT2D eigenvalue weighted by molar-refractivity contribution is -0.122. The van der Waals surface area contributed by atoms with Crippen molar-refractivity contribution in [2.45, 2.75) is 59.2 Å². The number of nitrogens with zero attached hydrogens (tertiary/aromatic N) is 1. The van der Waals surface area contributed by atoms with Crippen molar-refractivity contribution >= 4 is 5.91 Å². The van der Waals surface area contributed by atoms with Gasteiger partial charge in [-0.25, -0.2) is 0 Å². The molecule has 1 N–H and O–H groups in total. The lowest BCUT2D eigenvalue weighted by atomic mass is 10.0. The summed E-state index contributed by atoms with van der Waals surface area (Å²) < 4.78 is 5.54. The molecule has 0 aromatic heterocycles. The second kappa shape index (κ2) is 7.10. The predicted octanol–water partition coefficient (Wildman–Crippen LogP) is 1.65. The van der Waals surface area contributed by atoms with Gasteiger partial charge in [-0.3, -0.25) is 9.69 Å². The van der Waals surface area contributed by atoms with Crippen molar-refractivity contribution < 1.29 is 9.53 Å². The summed E-state index contributed by atoms with van der Waals surface area (Å²) in [7, 11) is 0. The number of hydrogen-bond donors (Lipinski definition) is 1. The minimum atomic E-state index is 0.141. The van der Waals surface area contributed by atoms with Gasteiger partial charge in [-0.15, -0.1) is 0 Å². The van der Waals surface area contributed by atoms with Crippen LogP contribution in [0.15, 0.2) is 0 Å². The standard InChI is InChI=1S/C14H28N2O2/c1-6-14(17)15-13(10(2)3)7-16-11(4)8-18-9-12(16)5/h10-13H,6-9H2,1-5H3,(H,15,17)/t11-,12+,13-/m0/s1. The van der Waals surface area contributed by atoms with Gasteiger partial charge in [-0.2, -0.15) is 0 Å². The number of amides is 1. The minimum Gasteiger partial charge on any atom is -0.378 e. The van der Waals surface area contributed by atoms with Gasteiger partial charge in [0.1, 0.15) is 0 Å². The molecule has 1 fully saturated rings. The molecule has 0 unspecified atom stereocenters. The van der Waals surface area contributed by atoms with E-state index in [0.717, 1.165) is 19.8 Å². The Morgan fingerprint density at radius 2 is 1.89 bits per heavy atom. The fraction of sp³-hybridized carbons (Fsp3) is 0.929. The van der Waals surface area contributed by atoms with Crippen LogP contribution in [0.2, 0.25) is 0 Å². The average molecular weight is 256 g/mol. The van der Waals surface area contributed by atoms with E-state index in [2.05, 4.69) is 37.9 Å². The third-order valence-corrected chi connectivity index (χ3v) is 3.73. The van der Waals surface area contributed by atoms with Crippen molar-refractivity contribution in [3.63, 3.8) is 0 Å². The largest absolute Gasteiger partial charge is 0.378 e. The Bertz CT molecular complexity index is 259. The van der Waals surface area contributed by atoms with E-state index in [1.807, 2.05) is 6.92 Å². The fourth-order valence-corrected chi connectivity index (χ4v) is 2.35. The van der Waals surface area contributed by atoms with E-state index in [4.69, 9.17) is 4.74 Å². The minimum absolute atomic E-state index is 0.141. The summed E-state index contributed by atoms with van der Waals surface area (Å²) in [6, 6.07) is 1.07. The van der Waals surface area contributed by atoms with Crippen molar-refractivity contribution in [1.29, 1.82) is 0 Å². The SMILES string of the molecule is CCC(=O)N[C@@H](CN1[C@H](C)COC[C@@H]1C)C(C)C. The molecular formula is C14H28N2O2. The van der Waals surface area contributed by atoms with Crippen LogP contribution in [0.1, 0.15) is 41.0 Å². The first-order chi connectivity index (χ1) is 8.45. The molecule has 3 atom stereocenters. The highest BCUT2D eigenvalue weighted by atomic mass is 16.5. The van der Waals surface area contributed by atoms with Gasteiger partial charge in [-0.05, 0) is 19.8 Å². The van der Waals surface area contributed by atoms with E-state index in [1.165, 1.54) is 0 Å². The van der Waals surface area contributed by atoms with E-state index < -0.39 is 0 Å². The highest BCUT2D eigenvalue weighted by Gasteiger charge is 2.29. The molecule has 0 aromatic carbocycles. The van der Waals surface area contributed by atoms with Gasteiger partial charge in [-0.1, -0.05) is 20.8 Å². The van der Waals surface area contributed by atoms with Crippen molar-refractivity contribution in [1.82, 2.24) is 10.2 Å². The predicted molar refractivity (Wildman–Crippen MR) is 73.5 cm³/mol. The lowest BCUT2D eigenvalue weighted by Crippen LogP contribution is -2.56. The summed E-state index contributed by atoms with van der Waals surface area (Å²) >= 11 is 0. The first-order valence-electron chi connectivity index (χ1n) is 7.08. The van der Waals surface area contributed by atoms with Crippen LogP contribution in [0, 0.1) is 5.92 Å². The fourth-order valence-electron chi connectivity index (χ4n) is 2.35. The molecule has 1 aliphatic heterocycles. The average Bonchev–Trinajstić information content (AvgIpc) is 2.31. The molecule has 0 saturated carbocycles. The van der Waals surface area contributed by atoms with Gasteiger partial charge in [0.25, 0.3) is 0 Å². The number of carbonyl (C=O) groups is 1. The Hall–Kier alpha value is -0.610. The number of rotatable bonds is 5. The van der Waals surface area contributed by atoms with Gasteiger partial charge in [0.15, 0.2) is 0 Å². The maximum atomic E-state index is 11.6. The number of ether oxygens (including phenoxy) is 1. The zero-order valence-corrected chi connectivity index (χ0v) is 12.4. The Morgan fingerprint density at radius 1 is 1.33 bits per heavy atom. The third-order valence-electron chi connectivity index (χ3n) is 3.73. The second-order valence-corrected chi connectivity index (χ2v) is 5.70. The Morgan fingerprint density at radius 3 is 2.33 bits per heavy atom. The van der Waals surface area contributed by atoms with Crippen LogP contribution in [-0.4, -0.2) is 48.7 Å². The van der Waals surface area contributed by atoms with Gasteiger partial charge in [0, 0.05) is 31.1 Å². The molecule has 4 heteroatoms. The molecule has 0 aliphatic carbocycles. The van der Waals surface area contributed by atoms with Crippen LogP contribution in [0.25, 0.3) is 0 Å². The van der Waals surface area contributed by atoms with Crippen LogP contribution < -0.4 is 5.32 Å². The van der Waals surface area contributed by atoms with Gasteiger partial charge in [0.2, 0.25) is 5.91 Å². The van der Waals surface area contributed by atoms with Crippen LogP contribution >= 0.6 is 0 Å². The zero-order chi connectivity index (χ0) is 13.7. The van der Waals surface area contributed by atoms with Crippen molar-refractivity contribution in [3.05, 3.63) is 0 Å². The van der Waals surface area contributed by atoms with Crippen LogP contribution in [0.4, 0.5) is 0 Å². The zero-order valence-electron chi connectivity index (χ0n) is 12.4. The molecule has 1 heterocycles. The number of morpholine rings is 1. The van der Waals surface area contributed by atoms with E-state index in [1.54, 1.807) is 0 Å². The van der Waals surface area contributed by atoms with E-state index in [9.17, 15) is 4.79 Å². The topological polar surface area (TPSA) is 41.6 Å². The Kier molecular flexibility index (Phi) is 6.09. The number of hydrogen-bond acceptors (Lipinski definition) is 3. The molecule has 1 rings (SSSR count). The molecule has 0 radical (unpaired) electrons. The summed E-state index contributed by atoms with van der Waals surface area (Å²) in [6.45, 7) is 13.1. The molecule has 0 spiro atoms. The molecule has 1 saturated heterocycles. The van der Waals surface area contributed by atoms with Crippen molar-refractivity contribution in [3.8, 4) is 0 Å². The quantitative estimate of drug-likeness (QED) is 0.813. The summed E-state index contributed by atoms with van der Waals surface area (Å²) in [5.41, 5.74) is 0. The van der Waals surface area contributed by atoms with Crippen molar-refractivity contribution in [2.75, 3.05) is 19.8 Å². The Balaban J connectivity index is 2.61. The number of nitrogens with one attached hydrogen (secondary N) is 1. The highest BCUT2D eigenvalue weighted by molar-refractivity contribution is 5.75. The monoisotopic (exact) mass is 256 g/mol. The normalized spacial score (nSPS) is 27.2. The molecule has 4 nitrogen and oxygen atoms in total. The highest BCUT2D eigenvalue weighted by Crippen LogP contribution is 2.15. The third kappa shape index (κ3) is 4.25. The second-order valence-electron chi connectivity index (χ2n) is 5.70. The molecule has 0 bridgehead atoms. The first kappa shape index (κ1) is 15.4. The molecule has 1 aliphatic rings. The molecule has 106 valence electrons. The summed E-state index contributed by atoms with van der Waals surface area (Å²) in [5, 5.41) is 3.13. The van der Waals surface area contributed by atoms with E-state index in [0.29, 0.717) is 24.4 Å². The molecule has 1 amide bonds. The maximum Gasteiger partial charge on any atom is 0.219 e. The van der Waals surface area contributed by atoms with Gasteiger partial charge >= 0.3 is 0 Å². The van der Waals surface area contributed by atoms with Crippen molar-refractivity contribution in [2.24, 2.45) is 5.92 Å². The van der Waals surface area contributed by atoms with Gasteiger partial charge in [0.05, 0.1) is 13.2 Å². The van der Waals surface area contributed by atoms with Gasteiger partial charge < -0.3 is 10.1 Å². The summed E-state index contributed by atoms with van der Waals surface area (Å²) in [4.78, 5) is 14.0. The maximum absolute atomic E-state index is 11.6. The van der Waals surface area contributed by atoms with Crippen LogP contribution in [0.5, 0.6) is 0 Å². The lowest BCUT2D eigenvalue weighted by Gasteiger charge is -2.41. The smallest absolute Gasteiger partial charge is 0.219 e. The molecular weight excluding hydrogens is 228 g/mol. The first-order valence-corrected chi connectivity index (χ1v) is 7.08. The molecule has 18 heavy (non-hydrogen) atoms. The van der Waals surface area contributed by atoms with Crippen LogP contribution in [0.3, 0.4) is 0 Å². The van der Waals surface area contributed by atoms with E-state index in [-0.39, 0.29) is 11.9 Å². The summed E-state index contributed by atoms with van der Waals surface area (Å²) in [6.07, 6.45) is 0.553. The summed E-state index contributed by atoms with van der Waals surface area (Å²) in [5.74, 6) is 0.588.